The molecule has 0 bridgehead atoms. The first kappa shape index (κ1) is 13.9. The molecule has 0 atom stereocenters. The molecule has 0 amide bonds. The van der Waals surface area contributed by atoms with Crippen molar-refractivity contribution in [2.24, 2.45) is 5.92 Å². The average Bonchev–Trinajstić information content (AvgIpc) is 2.88. The number of likely N-dealkylation sites (tertiary alicyclic amines) is 1. The molecule has 2 aromatic rings. The molecule has 0 radical (unpaired) electrons. The van der Waals surface area contributed by atoms with Gasteiger partial charge in [0.25, 0.3) is 6.01 Å². The summed E-state index contributed by atoms with van der Waals surface area (Å²) >= 11 is 0. The van der Waals surface area contributed by atoms with E-state index in [-0.39, 0.29) is 5.56 Å². The van der Waals surface area contributed by atoms with Gasteiger partial charge in [-0.25, -0.2) is 4.79 Å². The van der Waals surface area contributed by atoms with E-state index >= 15 is 0 Å². The number of hydrogen-bond donors (Lipinski definition) is 2. The molecule has 2 heterocycles. The highest BCUT2D eigenvalue weighted by molar-refractivity contribution is 5.92. The third-order valence-corrected chi connectivity index (χ3v) is 4.02. The van der Waals surface area contributed by atoms with Gasteiger partial charge in [-0.05, 0) is 57.1 Å². The van der Waals surface area contributed by atoms with Gasteiger partial charge in [0.05, 0.1) is 5.56 Å². The standard InChI is InChI=1S/C15H19N3O3/c1-18-6-4-10(5-7-18)9-16-15-17-12-3-2-11(14(19)20)8-13(12)21-15/h2-3,8,10H,4-7,9H2,1H3,(H,16,17)(H,19,20). The zero-order valence-corrected chi connectivity index (χ0v) is 12.0. The number of oxazole rings is 1. The second-order valence-electron chi connectivity index (χ2n) is 5.63. The summed E-state index contributed by atoms with van der Waals surface area (Å²) < 4.78 is 5.58. The number of piperidine rings is 1. The Bertz CT molecular complexity index is 645. The number of carboxylic acid groups (broad SMARTS) is 1. The van der Waals surface area contributed by atoms with Gasteiger partial charge in [0.2, 0.25) is 0 Å². The van der Waals surface area contributed by atoms with Gasteiger partial charge >= 0.3 is 5.97 Å². The Kier molecular flexibility index (Phi) is 3.79. The molecule has 2 N–H and O–H groups in total. The van der Waals surface area contributed by atoms with Crippen LogP contribution >= 0.6 is 0 Å². The van der Waals surface area contributed by atoms with Crippen LogP contribution < -0.4 is 5.32 Å². The van der Waals surface area contributed by atoms with Crippen molar-refractivity contribution in [2.45, 2.75) is 12.8 Å². The number of nitrogens with zero attached hydrogens (tertiary/aromatic N) is 2. The molecule has 0 saturated carbocycles. The number of carboxylic acids is 1. The van der Waals surface area contributed by atoms with E-state index < -0.39 is 5.97 Å². The second-order valence-corrected chi connectivity index (χ2v) is 5.63. The summed E-state index contributed by atoms with van der Waals surface area (Å²) in [6.45, 7) is 3.09. The van der Waals surface area contributed by atoms with Gasteiger partial charge in [-0.2, -0.15) is 4.98 Å². The van der Waals surface area contributed by atoms with E-state index in [0.29, 0.717) is 23.0 Å². The van der Waals surface area contributed by atoms with Crippen LogP contribution in [0.25, 0.3) is 11.1 Å². The highest BCUT2D eigenvalue weighted by Gasteiger charge is 2.17. The molecular weight excluding hydrogens is 270 g/mol. The van der Waals surface area contributed by atoms with Crippen LogP contribution in [0.15, 0.2) is 22.6 Å². The van der Waals surface area contributed by atoms with Crippen LogP contribution in [-0.4, -0.2) is 47.6 Å². The van der Waals surface area contributed by atoms with Gasteiger partial charge in [-0.15, -0.1) is 0 Å². The van der Waals surface area contributed by atoms with Crippen LogP contribution in [0.5, 0.6) is 0 Å². The van der Waals surface area contributed by atoms with E-state index in [0.717, 1.165) is 19.6 Å². The molecule has 6 nitrogen and oxygen atoms in total. The van der Waals surface area contributed by atoms with E-state index in [1.807, 2.05) is 0 Å². The first-order valence-electron chi connectivity index (χ1n) is 7.18. The molecular formula is C15H19N3O3. The highest BCUT2D eigenvalue weighted by Crippen LogP contribution is 2.22. The van der Waals surface area contributed by atoms with Gasteiger partial charge in [0.15, 0.2) is 5.58 Å². The van der Waals surface area contributed by atoms with Crippen molar-refractivity contribution in [2.75, 3.05) is 32.0 Å². The smallest absolute Gasteiger partial charge is 0.335 e. The molecule has 1 aliphatic rings. The number of hydrogen-bond acceptors (Lipinski definition) is 5. The topological polar surface area (TPSA) is 78.6 Å². The zero-order chi connectivity index (χ0) is 14.8. The highest BCUT2D eigenvalue weighted by atomic mass is 16.4. The third kappa shape index (κ3) is 3.16. The Hall–Kier alpha value is -2.08. The molecule has 3 rings (SSSR count). The fourth-order valence-electron chi connectivity index (χ4n) is 2.63. The molecule has 21 heavy (non-hydrogen) atoms. The van der Waals surface area contributed by atoms with Crippen molar-refractivity contribution < 1.29 is 14.3 Å². The number of fused-ring (bicyclic) bond motifs is 1. The van der Waals surface area contributed by atoms with Crippen LogP contribution in [0.2, 0.25) is 0 Å². The van der Waals surface area contributed by atoms with Crippen molar-refractivity contribution >= 4 is 23.1 Å². The molecule has 0 aliphatic carbocycles. The van der Waals surface area contributed by atoms with Gasteiger partial charge in [-0.1, -0.05) is 0 Å². The Morgan fingerprint density at radius 1 is 1.48 bits per heavy atom. The Morgan fingerprint density at radius 3 is 2.95 bits per heavy atom. The zero-order valence-electron chi connectivity index (χ0n) is 12.0. The van der Waals surface area contributed by atoms with Crippen molar-refractivity contribution in [1.82, 2.24) is 9.88 Å². The third-order valence-electron chi connectivity index (χ3n) is 4.02. The Balaban J connectivity index is 1.66. The predicted octanol–water partition coefficient (Wildman–Crippen LogP) is 2.28. The van der Waals surface area contributed by atoms with E-state index in [1.54, 1.807) is 6.07 Å². The normalized spacial score (nSPS) is 17.2. The molecule has 6 heteroatoms. The van der Waals surface area contributed by atoms with E-state index in [9.17, 15) is 4.79 Å². The average molecular weight is 289 g/mol. The molecule has 1 fully saturated rings. The lowest BCUT2D eigenvalue weighted by Gasteiger charge is -2.28. The molecule has 1 aromatic carbocycles. The SMILES string of the molecule is CN1CCC(CNc2nc3ccc(C(=O)O)cc3o2)CC1. The molecule has 1 aromatic heterocycles. The predicted molar refractivity (Wildman–Crippen MR) is 79.7 cm³/mol. The molecule has 0 spiro atoms. The fraction of sp³-hybridized carbons (Fsp3) is 0.467. The Morgan fingerprint density at radius 2 is 2.24 bits per heavy atom. The number of aromatic carboxylic acids is 1. The Labute approximate surface area is 122 Å². The van der Waals surface area contributed by atoms with Crippen molar-refractivity contribution in [3.05, 3.63) is 23.8 Å². The summed E-state index contributed by atoms with van der Waals surface area (Å²) in [6.07, 6.45) is 2.35. The maximum Gasteiger partial charge on any atom is 0.335 e. The minimum Gasteiger partial charge on any atom is -0.478 e. The minimum absolute atomic E-state index is 0.209. The number of benzene rings is 1. The minimum atomic E-state index is -0.964. The summed E-state index contributed by atoms with van der Waals surface area (Å²) in [5, 5.41) is 12.2. The summed E-state index contributed by atoms with van der Waals surface area (Å²) in [7, 11) is 2.14. The second kappa shape index (κ2) is 5.73. The number of nitrogens with one attached hydrogen (secondary N) is 1. The number of aromatic nitrogens is 1. The molecule has 1 aliphatic heterocycles. The van der Waals surface area contributed by atoms with E-state index in [1.165, 1.54) is 25.0 Å². The summed E-state index contributed by atoms with van der Waals surface area (Å²) in [4.78, 5) is 17.6. The maximum atomic E-state index is 10.9. The summed E-state index contributed by atoms with van der Waals surface area (Å²) in [6, 6.07) is 5.18. The molecule has 1 saturated heterocycles. The first-order valence-corrected chi connectivity index (χ1v) is 7.18. The first-order chi connectivity index (χ1) is 10.1. The van der Waals surface area contributed by atoms with Gasteiger partial charge in [0, 0.05) is 6.54 Å². The van der Waals surface area contributed by atoms with E-state index in [2.05, 4.69) is 22.2 Å². The number of carbonyl (C=O) groups is 1. The molecule has 112 valence electrons. The quantitative estimate of drug-likeness (QED) is 0.899. The van der Waals surface area contributed by atoms with Crippen molar-refractivity contribution in [1.29, 1.82) is 0 Å². The largest absolute Gasteiger partial charge is 0.478 e. The monoisotopic (exact) mass is 289 g/mol. The van der Waals surface area contributed by atoms with Gasteiger partial charge in [-0.3, -0.25) is 0 Å². The van der Waals surface area contributed by atoms with Crippen LogP contribution in [0, 0.1) is 5.92 Å². The lowest BCUT2D eigenvalue weighted by Crippen LogP contribution is -2.32. The van der Waals surface area contributed by atoms with Crippen LogP contribution in [0.1, 0.15) is 23.2 Å². The summed E-state index contributed by atoms with van der Waals surface area (Å²) in [5.41, 5.74) is 1.38. The lowest BCUT2D eigenvalue weighted by molar-refractivity contribution is 0.0697. The van der Waals surface area contributed by atoms with Crippen molar-refractivity contribution in [3.8, 4) is 0 Å². The fourth-order valence-corrected chi connectivity index (χ4v) is 2.63. The maximum absolute atomic E-state index is 10.9. The van der Waals surface area contributed by atoms with Crippen LogP contribution in [0.3, 0.4) is 0 Å². The van der Waals surface area contributed by atoms with Crippen molar-refractivity contribution in [3.63, 3.8) is 0 Å². The van der Waals surface area contributed by atoms with Gasteiger partial charge < -0.3 is 19.7 Å². The number of anilines is 1. The van der Waals surface area contributed by atoms with Crippen LogP contribution in [0.4, 0.5) is 6.01 Å². The number of rotatable bonds is 4. The molecule has 0 unspecified atom stereocenters. The summed E-state index contributed by atoms with van der Waals surface area (Å²) in [5.74, 6) is -0.333. The van der Waals surface area contributed by atoms with Crippen LogP contribution in [-0.2, 0) is 0 Å². The van der Waals surface area contributed by atoms with E-state index in [4.69, 9.17) is 9.52 Å². The lowest BCUT2D eigenvalue weighted by atomic mass is 9.97. The van der Waals surface area contributed by atoms with Gasteiger partial charge in [0.1, 0.15) is 5.52 Å².